The summed E-state index contributed by atoms with van der Waals surface area (Å²) in [5, 5.41) is 4.24. The Hall–Kier alpha value is -3.84. The molecule has 7 heteroatoms. The zero-order valence-electron chi connectivity index (χ0n) is 18.9. The monoisotopic (exact) mass is 470 g/mol. The molecule has 0 fully saturated rings. The van der Waals surface area contributed by atoms with Crippen LogP contribution in [0.2, 0.25) is 0 Å². The summed E-state index contributed by atoms with van der Waals surface area (Å²) in [4.78, 5) is 20.6. The highest BCUT2D eigenvalue weighted by Gasteiger charge is 2.19. The first-order chi connectivity index (χ1) is 16.5. The number of nitrogens with zero attached hydrogens (tertiary/aromatic N) is 4. The molecule has 34 heavy (non-hydrogen) atoms. The van der Waals surface area contributed by atoms with Crippen molar-refractivity contribution in [1.82, 2.24) is 19.3 Å². The van der Waals surface area contributed by atoms with E-state index in [1.807, 2.05) is 68.8 Å². The van der Waals surface area contributed by atoms with E-state index < -0.39 is 0 Å². The van der Waals surface area contributed by atoms with E-state index in [1.54, 1.807) is 32.7 Å². The van der Waals surface area contributed by atoms with Crippen LogP contribution in [0, 0.1) is 12.7 Å². The average Bonchev–Trinajstić information content (AvgIpc) is 3.48. The summed E-state index contributed by atoms with van der Waals surface area (Å²) in [6.45, 7) is 2.28. The predicted octanol–water partition coefficient (Wildman–Crippen LogP) is 5.73. The normalized spacial score (nSPS) is 11.1. The highest BCUT2D eigenvalue weighted by atomic mass is 32.1. The summed E-state index contributed by atoms with van der Waals surface area (Å²) < 4.78 is 17.5. The molecule has 0 N–H and O–H groups in total. The first-order valence-corrected chi connectivity index (χ1v) is 11.8. The van der Waals surface area contributed by atoms with Crippen molar-refractivity contribution in [2.45, 2.75) is 19.9 Å². The molecule has 0 saturated heterocycles. The average molecular weight is 471 g/mol. The van der Waals surface area contributed by atoms with E-state index >= 15 is 0 Å². The van der Waals surface area contributed by atoms with Crippen LogP contribution in [0.1, 0.15) is 11.3 Å². The van der Waals surface area contributed by atoms with Crippen molar-refractivity contribution in [1.29, 1.82) is 0 Å². The van der Waals surface area contributed by atoms with Gasteiger partial charge in [-0.25, -0.2) is 9.37 Å². The predicted molar refractivity (Wildman–Crippen MR) is 134 cm³/mol. The zero-order chi connectivity index (χ0) is 23.7. The van der Waals surface area contributed by atoms with Crippen LogP contribution in [0.3, 0.4) is 0 Å². The van der Waals surface area contributed by atoms with Crippen LogP contribution in [0.5, 0.6) is 0 Å². The molecule has 0 aliphatic rings. The topological polar surface area (TPSA) is 52.7 Å². The van der Waals surface area contributed by atoms with Crippen molar-refractivity contribution in [3.63, 3.8) is 0 Å². The molecule has 3 heterocycles. The number of benzene rings is 2. The molecular weight excluding hydrogens is 447 g/mol. The SMILES string of the molecule is Cc1nc(-c2cccc(F)c2)n(CCc2ccccc2)c(=O)c1-c1ccc(-c2cnn(C)c2)s1. The van der Waals surface area contributed by atoms with Gasteiger partial charge in [-0.1, -0.05) is 42.5 Å². The molecule has 2 aromatic carbocycles. The van der Waals surface area contributed by atoms with E-state index in [9.17, 15) is 9.18 Å². The molecule has 0 bridgehead atoms. The summed E-state index contributed by atoms with van der Waals surface area (Å²) in [6.07, 6.45) is 4.43. The minimum atomic E-state index is -0.359. The van der Waals surface area contributed by atoms with E-state index in [4.69, 9.17) is 4.98 Å². The summed E-state index contributed by atoms with van der Waals surface area (Å²) in [6, 6.07) is 20.2. The summed E-state index contributed by atoms with van der Waals surface area (Å²) in [5.74, 6) is 0.119. The van der Waals surface area contributed by atoms with Crippen molar-refractivity contribution in [2.75, 3.05) is 0 Å². The molecule has 0 radical (unpaired) electrons. The van der Waals surface area contributed by atoms with Gasteiger partial charge in [0.1, 0.15) is 11.6 Å². The van der Waals surface area contributed by atoms with Gasteiger partial charge in [0.15, 0.2) is 0 Å². The quantitative estimate of drug-likeness (QED) is 0.318. The second-order valence-corrected chi connectivity index (χ2v) is 9.25. The van der Waals surface area contributed by atoms with Gasteiger partial charge in [-0.15, -0.1) is 11.3 Å². The lowest BCUT2D eigenvalue weighted by Crippen LogP contribution is -2.26. The van der Waals surface area contributed by atoms with Crippen molar-refractivity contribution in [2.24, 2.45) is 7.05 Å². The lowest BCUT2D eigenvalue weighted by Gasteiger charge is -2.16. The molecule has 0 atom stereocenters. The highest BCUT2D eigenvalue weighted by Crippen LogP contribution is 2.34. The molecule has 0 aliphatic heterocycles. The molecule has 0 aliphatic carbocycles. The maximum atomic E-state index is 14.0. The van der Waals surface area contributed by atoms with Crippen LogP contribution in [-0.4, -0.2) is 19.3 Å². The second-order valence-electron chi connectivity index (χ2n) is 8.17. The van der Waals surface area contributed by atoms with E-state index in [0.717, 1.165) is 20.9 Å². The molecule has 5 aromatic rings. The third kappa shape index (κ3) is 4.34. The van der Waals surface area contributed by atoms with Gasteiger partial charge in [0.25, 0.3) is 5.56 Å². The van der Waals surface area contributed by atoms with E-state index in [0.29, 0.717) is 35.6 Å². The van der Waals surface area contributed by atoms with Gasteiger partial charge in [-0.05, 0) is 43.2 Å². The van der Waals surface area contributed by atoms with Gasteiger partial charge in [0.2, 0.25) is 0 Å². The van der Waals surface area contributed by atoms with Crippen LogP contribution in [-0.2, 0) is 20.0 Å². The van der Waals surface area contributed by atoms with Crippen molar-refractivity contribution in [3.05, 3.63) is 107 Å². The minimum absolute atomic E-state index is 0.123. The Balaban J connectivity index is 1.62. The molecule has 0 spiro atoms. The molecule has 5 nitrogen and oxygen atoms in total. The third-order valence-corrected chi connectivity index (χ3v) is 6.89. The third-order valence-electron chi connectivity index (χ3n) is 5.74. The highest BCUT2D eigenvalue weighted by molar-refractivity contribution is 7.18. The molecular formula is C27H23FN4OS. The Labute approximate surface area is 200 Å². The van der Waals surface area contributed by atoms with Crippen LogP contribution in [0.25, 0.3) is 32.3 Å². The number of thiophene rings is 1. The summed E-state index contributed by atoms with van der Waals surface area (Å²) >= 11 is 1.54. The van der Waals surface area contributed by atoms with Gasteiger partial charge in [0, 0.05) is 40.7 Å². The Bertz CT molecular complexity index is 1520. The number of halogens is 1. The Morgan fingerprint density at radius 3 is 2.50 bits per heavy atom. The number of aromatic nitrogens is 4. The lowest BCUT2D eigenvalue weighted by molar-refractivity contribution is 0.626. The van der Waals surface area contributed by atoms with Gasteiger partial charge in [0.05, 0.1) is 17.5 Å². The fourth-order valence-corrected chi connectivity index (χ4v) is 5.13. The molecule has 0 saturated carbocycles. The fraction of sp³-hybridized carbons (Fsp3) is 0.148. The fourth-order valence-electron chi connectivity index (χ4n) is 4.06. The number of hydrogen-bond acceptors (Lipinski definition) is 4. The van der Waals surface area contributed by atoms with Crippen molar-refractivity contribution < 1.29 is 4.39 Å². The Kier molecular flexibility index (Phi) is 5.94. The smallest absolute Gasteiger partial charge is 0.262 e. The lowest BCUT2D eigenvalue weighted by atomic mass is 10.1. The Morgan fingerprint density at radius 1 is 0.971 bits per heavy atom. The molecule has 170 valence electrons. The van der Waals surface area contributed by atoms with Crippen LogP contribution < -0.4 is 5.56 Å². The number of hydrogen-bond donors (Lipinski definition) is 0. The van der Waals surface area contributed by atoms with E-state index in [-0.39, 0.29) is 11.4 Å². The number of rotatable bonds is 6. The van der Waals surface area contributed by atoms with Crippen molar-refractivity contribution >= 4 is 11.3 Å². The molecule has 5 rings (SSSR count). The van der Waals surface area contributed by atoms with Gasteiger partial charge in [-0.2, -0.15) is 5.10 Å². The minimum Gasteiger partial charge on any atom is -0.292 e. The second kappa shape index (κ2) is 9.19. The van der Waals surface area contributed by atoms with Crippen molar-refractivity contribution in [3.8, 4) is 32.3 Å². The van der Waals surface area contributed by atoms with E-state index in [1.165, 1.54) is 12.1 Å². The van der Waals surface area contributed by atoms with E-state index in [2.05, 4.69) is 5.10 Å². The molecule has 0 unspecified atom stereocenters. The largest absolute Gasteiger partial charge is 0.292 e. The first-order valence-electron chi connectivity index (χ1n) is 11.0. The summed E-state index contributed by atoms with van der Waals surface area (Å²) in [7, 11) is 1.88. The van der Waals surface area contributed by atoms with Gasteiger partial charge < -0.3 is 0 Å². The maximum absolute atomic E-state index is 14.0. The van der Waals surface area contributed by atoms with Gasteiger partial charge >= 0.3 is 0 Å². The zero-order valence-corrected chi connectivity index (χ0v) is 19.7. The molecule has 0 amide bonds. The van der Waals surface area contributed by atoms with Gasteiger partial charge in [-0.3, -0.25) is 14.0 Å². The van der Waals surface area contributed by atoms with Crippen LogP contribution in [0.15, 0.2) is 83.9 Å². The first kappa shape index (κ1) is 22.0. The standard InChI is InChI=1S/C27H23FN4OS/c1-18-25(24-12-11-23(34-24)21-16-29-31(2)17-21)27(33)32(14-13-19-7-4-3-5-8-19)26(30-18)20-9-6-10-22(28)15-20/h3-12,15-17H,13-14H2,1-2H3. The Morgan fingerprint density at radius 2 is 1.76 bits per heavy atom. The number of aryl methyl sites for hydroxylation is 3. The maximum Gasteiger partial charge on any atom is 0.262 e. The van der Waals surface area contributed by atoms with Crippen LogP contribution >= 0.6 is 11.3 Å². The molecule has 3 aromatic heterocycles. The van der Waals surface area contributed by atoms with Crippen LogP contribution in [0.4, 0.5) is 4.39 Å². The summed E-state index contributed by atoms with van der Waals surface area (Å²) in [5.41, 5.74) is 3.79.